The number of ether oxygens (including phenoxy) is 1. The number of carbonyl (C=O) groups is 1. The highest BCUT2D eigenvalue weighted by Crippen LogP contribution is 2.28. The van der Waals surface area contributed by atoms with Crippen molar-refractivity contribution in [3.63, 3.8) is 0 Å². The molecule has 2 N–H and O–H groups in total. The Morgan fingerprint density at radius 2 is 1.95 bits per heavy atom. The van der Waals surface area contributed by atoms with E-state index in [4.69, 9.17) is 10.5 Å². The first-order chi connectivity index (χ1) is 9.76. The summed E-state index contributed by atoms with van der Waals surface area (Å²) in [5.74, 6) is 0.152. The number of nitrogens with two attached hydrogens (primary N) is 1. The number of nitrogens with zero attached hydrogens (tertiary/aromatic N) is 1. The summed E-state index contributed by atoms with van der Waals surface area (Å²) < 4.78 is 6.50. The molecular weight excluding hydrogens is 332 g/mol. The minimum Gasteiger partial charge on any atom is -0.444 e. The average molecular weight is 355 g/mol. The Morgan fingerprint density at radius 3 is 2.52 bits per heavy atom. The SMILES string of the molecule is CC(C)(C)OC(=O)N1CC[C@@H](N)[C@H](c2ccc(Br)cc2)C1. The monoisotopic (exact) mass is 354 g/mol. The summed E-state index contributed by atoms with van der Waals surface area (Å²) in [4.78, 5) is 14.0. The molecule has 0 aliphatic carbocycles. The highest BCUT2D eigenvalue weighted by atomic mass is 79.9. The van der Waals surface area contributed by atoms with Gasteiger partial charge in [0.05, 0.1) is 0 Å². The summed E-state index contributed by atoms with van der Waals surface area (Å²) in [6, 6.07) is 8.22. The highest BCUT2D eigenvalue weighted by Gasteiger charge is 2.32. The van der Waals surface area contributed by atoms with Crippen molar-refractivity contribution in [1.29, 1.82) is 0 Å². The van der Waals surface area contributed by atoms with Crippen molar-refractivity contribution in [3.05, 3.63) is 34.3 Å². The summed E-state index contributed by atoms with van der Waals surface area (Å²) >= 11 is 3.44. The van der Waals surface area contributed by atoms with Gasteiger partial charge in [0.1, 0.15) is 5.60 Å². The van der Waals surface area contributed by atoms with E-state index in [1.807, 2.05) is 32.9 Å². The van der Waals surface area contributed by atoms with Crippen LogP contribution >= 0.6 is 15.9 Å². The molecule has 116 valence electrons. The molecule has 1 heterocycles. The number of hydrogen-bond donors (Lipinski definition) is 1. The summed E-state index contributed by atoms with van der Waals surface area (Å²) in [6.45, 7) is 6.91. The normalized spacial score (nSPS) is 23.0. The molecule has 0 radical (unpaired) electrons. The third-order valence-corrected chi connectivity index (χ3v) is 4.14. The van der Waals surface area contributed by atoms with Crippen LogP contribution in [0.3, 0.4) is 0 Å². The molecule has 1 aromatic rings. The average Bonchev–Trinajstić information content (AvgIpc) is 2.38. The molecule has 1 fully saturated rings. The lowest BCUT2D eigenvalue weighted by Crippen LogP contribution is -2.49. The molecule has 1 saturated heterocycles. The molecule has 1 aliphatic heterocycles. The molecular formula is C16H23BrN2O2. The van der Waals surface area contributed by atoms with Crippen LogP contribution in [0, 0.1) is 0 Å². The van der Waals surface area contributed by atoms with E-state index in [0.717, 1.165) is 10.9 Å². The number of hydrogen-bond acceptors (Lipinski definition) is 3. The lowest BCUT2D eigenvalue weighted by molar-refractivity contribution is 0.0186. The second-order valence-electron chi connectivity index (χ2n) is 6.54. The van der Waals surface area contributed by atoms with E-state index in [-0.39, 0.29) is 18.1 Å². The van der Waals surface area contributed by atoms with Gasteiger partial charge in [-0.15, -0.1) is 0 Å². The molecule has 0 saturated carbocycles. The van der Waals surface area contributed by atoms with Gasteiger partial charge in [0.25, 0.3) is 0 Å². The van der Waals surface area contributed by atoms with Gasteiger partial charge in [0.15, 0.2) is 0 Å². The van der Waals surface area contributed by atoms with Gasteiger partial charge in [0.2, 0.25) is 0 Å². The van der Waals surface area contributed by atoms with E-state index in [2.05, 4.69) is 28.1 Å². The maximum Gasteiger partial charge on any atom is 0.410 e. The van der Waals surface area contributed by atoms with E-state index in [1.165, 1.54) is 5.56 Å². The molecule has 5 heteroatoms. The van der Waals surface area contributed by atoms with Crippen LogP contribution in [0.25, 0.3) is 0 Å². The third-order valence-electron chi connectivity index (χ3n) is 3.62. The van der Waals surface area contributed by atoms with E-state index in [9.17, 15) is 4.79 Å². The van der Waals surface area contributed by atoms with Crippen molar-refractivity contribution in [1.82, 2.24) is 4.90 Å². The zero-order valence-electron chi connectivity index (χ0n) is 12.8. The van der Waals surface area contributed by atoms with Crippen LogP contribution in [0.2, 0.25) is 0 Å². The van der Waals surface area contributed by atoms with Gasteiger partial charge in [-0.2, -0.15) is 0 Å². The molecule has 1 aliphatic rings. The van der Waals surface area contributed by atoms with Crippen LogP contribution in [0.15, 0.2) is 28.7 Å². The van der Waals surface area contributed by atoms with Gasteiger partial charge < -0.3 is 15.4 Å². The standard InChI is InChI=1S/C16H23BrN2O2/c1-16(2,3)21-15(20)19-9-8-14(18)13(10-19)11-4-6-12(17)7-5-11/h4-7,13-14H,8-10,18H2,1-3H3/t13-,14+/m0/s1. The van der Waals surface area contributed by atoms with Crippen molar-refractivity contribution in [2.24, 2.45) is 5.73 Å². The summed E-state index contributed by atoms with van der Waals surface area (Å²) in [5.41, 5.74) is 6.95. The Bertz CT molecular complexity index is 496. The van der Waals surface area contributed by atoms with Crippen LogP contribution in [-0.4, -0.2) is 35.7 Å². The second kappa shape index (κ2) is 6.36. The fourth-order valence-corrected chi connectivity index (χ4v) is 2.79. The summed E-state index contributed by atoms with van der Waals surface area (Å²) in [6.07, 6.45) is 0.538. The number of amides is 1. The zero-order valence-corrected chi connectivity index (χ0v) is 14.4. The summed E-state index contributed by atoms with van der Waals surface area (Å²) in [7, 11) is 0. The van der Waals surface area contributed by atoms with Crippen LogP contribution in [-0.2, 0) is 4.74 Å². The number of piperidine rings is 1. The van der Waals surface area contributed by atoms with E-state index in [0.29, 0.717) is 13.1 Å². The van der Waals surface area contributed by atoms with Crippen molar-refractivity contribution in [2.45, 2.75) is 44.8 Å². The Kier molecular flexibility index (Phi) is 4.94. The van der Waals surface area contributed by atoms with Gasteiger partial charge in [-0.1, -0.05) is 28.1 Å². The van der Waals surface area contributed by atoms with E-state index < -0.39 is 5.60 Å². The molecule has 2 rings (SSSR count). The highest BCUT2D eigenvalue weighted by molar-refractivity contribution is 9.10. The topological polar surface area (TPSA) is 55.6 Å². The van der Waals surface area contributed by atoms with Crippen molar-refractivity contribution >= 4 is 22.0 Å². The molecule has 2 atom stereocenters. The van der Waals surface area contributed by atoms with Gasteiger partial charge in [-0.05, 0) is 44.9 Å². The summed E-state index contributed by atoms with van der Waals surface area (Å²) in [5, 5.41) is 0. The fraction of sp³-hybridized carbons (Fsp3) is 0.562. The molecule has 21 heavy (non-hydrogen) atoms. The quantitative estimate of drug-likeness (QED) is 0.839. The maximum atomic E-state index is 12.2. The Hall–Kier alpha value is -1.07. The van der Waals surface area contributed by atoms with Crippen molar-refractivity contribution in [3.8, 4) is 0 Å². The molecule has 0 aromatic heterocycles. The zero-order chi connectivity index (χ0) is 15.6. The molecule has 0 unspecified atom stereocenters. The third kappa shape index (κ3) is 4.45. The molecule has 1 aromatic carbocycles. The number of carbonyl (C=O) groups excluding carboxylic acids is 1. The van der Waals surface area contributed by atoms with Crippen LogP contribution < -0.4 is 5.73 Å². The fourth-order valence-electron chi connectivity index (χ4n) is 2.53. The minimum absolute atomic E-state index is 0.0739. The first-order valence-corrected chi connectivity index (χ1v) is 8.04. The van der Waals surface area contributed by atoms with Crippen molar-refractivity contribution < 1.29 is 9.53 Å². The van der Waals surface area contributed by atoms with Gasteiger partial charge in [-0.3, -0.25) is 0 Å². The lowest BCUT2D eigenvalue weighted by Gasteiger charge is -2.37. The number of benzene rings is 1. The van der Waals surface area contributed by atoms with Gasteiger partial charge in [0, 0.05) is 29.5 Å². The first-order valence-electron chi connectivity index (χ1n) is 7.25. The van der Waals surface area contributed by atoms with Crippen LogP contribution in [0.1, 0.15) is 38.7 Å². The molecule has 4 nitrogen and oxygen atoms in total. The Labute approximate surface area is 134 Å². The predicted octanol–water partition coefficient (Wildman–Crippen LogP) is 3.50. The van der Waals surface area contributed by atoms with E-state index >= 15 is 0 Å². The van der Waals surface area contributed by atoms with Crippen LogP contribution in [0.5, 0.6) is 0 Å². The lowest BCUT2D eigenvalue weighted by atomic mass is 9.87. The first kappa shape index (κ1) is 16.3. The Morgan fingerprint density at radius 1 is 1.33 bits per heavy atom. The number of halogens is 1. The van der Waals surface area contributed by atoms with Crippen LogP contribution in [0.4, 0.5) is 4.79 Å². The second-order valence-corrected chi connectivity index (χ2v) is 7.45. The number of rotatable bonds is 1. The van der Waals surface area contributed by atoms with E-state index in [1.54, 1.807) is 4.90 Å². The number of likely N-dealkylation sites (tertiary alicyclic amines) is 1. The molecule has 1 amide bonds. The van der Waals surface area contributed by atoms with Gasteiger partial charge in [-0.25, -0.2) is 4.79 Å². The Balaban J connectivity index is 2.09. The molecule has 0 bridgehead atoms. The largest absolute Gasteiger partial charge is 0.444 e. The smallest absolute Gasteiger partial charge is 0.410 e. The predicted molar refractivity (Wildman–Crippen MR) is 87.3 cm³/mol. The maximum absolute atomic E-state index is 12.2. The van der Waals surface area contributed by atoms with Crippen molar-refractivity contribution in [2.75, 3.05) is 13.1 Å². The van der Waals surface area contributed by atoms with Gasteiger partial charge >= 0.3 is 6.09 Å². The molecule has 0 spiro atoms. The minimum atomic E-state index is -0.468.